The average molecular weight is 531 g/mol. The molecule has 0 saturated heterocycles. The molecule has 0 aromatic rings. The van der Waals surface area contributed by atoms with Crippen molar-refractivity contribution in [2.75, 3.05) is 6.54 Å². The van der Waals surface area contributed by atoms with E-state index in [9.17, 15) is 33.9 Å². The third-order valence-corrected chi connectivity index (χ3v) is 4.94. The van der Waals surface area contributed by atoms with Crippen molar-refractivity contribution < 1.29 is 39.0 Å². The van der Waals surface area contributed by atoms with Crippen LogP contribution in [0.25, 0.3) is 0 Å². The van der Waals surface area contributed by atoms with Gasteiger partial charge in [0.15, 0.2) is 5.96 Å². The first kappa shape index (κ1) is 33.0. The first-order chi connectivity index (χ1) is 17.1. The lowest BCUT2D eigenvalue weighted by atomic mass is 10.0. The van der Waals surface area contributed by atoms with Crippen molar-refractivity contribution in [2.24, 2.45) is 33.8 Å². The number of aliphatic carboxylic acids is 2. The summed E-state index contributed by atoms with van der Waals surface area (Å²) in [6, 6.07) is -5.26. The molecule has 16 heteroatoms. The Morgan fingerprint density at radius 3 is 1.84 bits per heavy atom. The highest BCUT2D eigenvalue weighted by Crippen LogP contribution is 2.08. The zero-order valence-electron chi connectivity index (χ0n) is 20.9. The molecule has 0 aliphatic carbocycles. The minimum atomic E-state index is -1.45. The number of carboxylic acids is 2. The zero-order chi connectivity index (χ0) is 28.7. The lowest BCUT2D eigenvalue weighted by molar-refractivity contribution is -0.142. The number of rotatable bonds is 18. The highest BCUT2D eigenvalue weighted by Gasteiger charge is 2.31. The Hall–Kier alpha value is -3.95. The van der Waals surface area contributed by atoms with E-state index < -0.39 is 66.2 Å². The Bertz CT molecular complexity index is 859. The predicted octanol–water partition coefficient (Wildman–Crippen LogP) is -3.31. The molecule has 4 atom stereocenters. The standard InChI is InChI=1S/C21H38N8O8/c1-10(2)8-14(29-17(33)11(22)9-16(31)32)19(35)27-12(4-3-7-26-21(24)25)18(34)28-13(20(36)37)5-6-15(23)30/h10-14H,3-9,22H2,1-2H3,(H2,23,30)(H,27,35)(H,28,34)(H,29,33)(H,31,32)(H,36,37)(H4,24,25,26). The number of guanidine groups is 1. The van der Waals surface area contributed by atoms with Crippen LogP contribution in [0, 0.1) is 5.92 Å². The van der Waals surface area contributed by atoms with Crippen LogP contribution in [-0.2, 0) is 28.8 Å². The quantitative estimate of drug-likeness (QED) is 0.0480. The number of hydrogen-bond acceptors (Lipinski definition) is 8. The number of nitrogens with two attached hydrogens (primary N) is 4. The molecule has 0 saturated carbocycles. The van der Waals surface area contributed by atoms with E-state index in [2.05, 4.69) is 20.9 Å². The predicted molar refractivity (Wildman–Crippen MR) is 131 cm³/mol. The van der Waals surface area contributed by atoms with Gasteiger partial charge >= 0.3 is 11.9 Å². The number of nitrogens with zero attached hydrogens (tertiary/aromatic N) is 1. The smallest absolute Gasteiger partial charge is 0.326 e. The van der Waals surface area contributed by atoms with Crippen molar-refractivity contribution >= 4 is 41.5 Å². The van der Waals surface area contributed by atoms with E-state index in [4.69, 9.17) is 28.0 Å². The first-order valence-corrected chi connectivity index (χ1v) is 11.6. The molecule has 0 rings (SSSR count). The summed E-state index contributed by atoms with van der Waals surface area (Å²) >= 11 is 0. The summed E-state index contributed by atoms with van der Waals surface area (Å²) in [6.45, 7) is 3.67. The largest absolute Gasteiger partial charge is 0.481 e. The van der Waals surface area contributed by atoms with Crippen LogP contribution < -0.4 is 38.9 Å². The summed E-state index contributed by atoms with van der Waals surface area (Å²) in [5, 5.41) is 25.4. The number of aliphatic imine (C=N–C) groups is 1. The van der Waals surface area contributed by atoms with Crippen LogP contribution in [0.3, 0.4) is 0 Å². The number of carbonyl (C=O) groups excluding carboxylic acids is 4. The number of carbonyl (C=O) groups is 6. The maximum Gasteiger partial charge on any atom is 0.326 e. The Kier molecular flexibility index (Phi) is 14.9. The van der Waals surface area contributed by atoms with Crippen LogP contribution in [0.5, 0.6) is 0 Å². The number of nitrogens with one attached hydrogen (secondary N) is 3. The molecule has 37 heavy (non-hydrogen) atoms. The van der Waals surface area contributed by atoms with E-state index >= 15 is 0 Å². The minimum absolute atomic E-state index is 0.00259. The molecule has 0 radical (unpaired) electrons. The lowest BCUT2D eigenvalue weighted by Crippen LogP contribution is -2.57. The molecule has 210 valence electrons. The second-order valence-electron chi connectivity index (χ2n) is 8.81. The van der Waals surface area contributed by atoms with Gasteiger partial charge in [0.2, 0.25) is 23.6 Å². The number of hydrogen-bond donors (Lipinski definition) is 9. The maximum absolute atomic E-state index is 13.0. The molecule has 0 bridgehead atoms. The number of amides is 4. The Balaban J connectivity index is 5.67. The van der Waals surface area contributed by atoms with Crippen LogP contribution in [-0.4, -0.2) is 82.5 Å². The topological polar surface area (TPSA) is 295 Å². The van der Waals surface area contributed by atoms with Crippen LogP contribution in [0.1, 0.15) is 52.4 Å². The van der Waals surface area contributed by atoms with Crippen molar-refractivity contribution in [3.63, 3.8) is 0 Å². The van der Waals surface area contributed by atoms with Crippen molar-refractivity contribution in [1.29, 1.82) is 0 Å². The Morgan fingerprint density at radius 2 is 1.35 bits per heavy atom. The van der Waals surface area contributed by atoms with Crippen molar-refractivity contribution in [1.82, 2.24) is 16.0 Å². The highest BCUT2D eigenvalue weighted by atomic mass is 16.4. The SMILES string of the molecule is CC(C)CC(NC(=O)C(N)CC(=O)O)C(=O)NC(CCCN=C(N)N)C(=O)NC(CCC(N)=O)C(=O)O. The monoisotopic (exact) mass is 530 g/mol. The second-order valence-corrected chi connectivity index (χ2v) is 8.81. The van der Waals surface area contributed by atoms with Gasteiger partial charge in [0.05, 0.1) is 12.5 Å². The Labute approximate surface area is 214 Å². The van der Waals surface area contributed by atoms with Gasteiger partial charge < -0.3 is 49.1 Å². The van der Waals surface area contributed by atoms with E-state index in [1.54, 1.807) is 13.8 Å². The van der Waals surface area contributed by atoms with Gasteiger partial charge in [-0.15, -0.1) is 0 Å². The van der Waals surface area contributed by atoms with E-state index in [1.807, 2.05) is 0 Å². The summed E-state index contributed by atoms with van der Waals surface area (Å²) in [4.78, 5) is 75.4. The van der Waals surface area contributed by atoms with Crippen molar-refractivity contribution in [2.45, 2.75) is 76.5 Å². The molecule has 0 fully saturated rings. The van der Waals surface area contributed by atoms with Crippen molar-refractivity contribution in [3.05, 3.63) is 0 Å². The molecule has 4 amide bonds. The molecule has 0 aliphatic rings. The fourth-order valence-corrected chi connectivity index (χ4v) is 3.12. The zero-order valence-corrected chi connectivity index (χ0v) is 20.9. The van der Waals surface area contributed by atoms with Gasteiger partial charge in [-0.25, -0.2) is 4.79 Å². The maximum atomic E-state index is 13.0. The summed E-state index contributed by atoms with van der Waals surface area (Å²) in [7, 11) is 0. The van der Waals surface area contributed by atoms with E-state index in [0.29, 0.717) is 0 Å². The molecular formula is C21H38N8O8. The molecule has 0 heterocycles. The number of carboxylic acid groups (broad SMARTS) is 2. The summed E-state index contributed by atoms with van der Waals surface area (Å²) in [5.41, 5.74) is 21.2. The fourth-order valence-electron chi connectivity index (χ4n) is 3.12. The van der Waals surface area contributed by atoms with Gasteiger partial charge in [0, 0.05) is 13.0 Å². The van der Waals surface area contributed by atoms with Crippen LogP contribution in [0.4, 0.5) is 0 Å². The molecule has 0 spiro atoms. The van der Waals surface area contributed by atoms with E-state index in [0.717, 1.165) is 0 Å². The van der Waals surface area contributed by atoms with Gasteiger partial charge in [-0.1, -0.05) is 13.8 Å². The molecule has 4 unspecified atom stereocenters. The number of primary amides is 1. The summed E-state index contributed by atoms with van der Waals surface area (Å²) in [5.74, 6) is -6.22. The van der Waals surface area contributed by atoms with Gasteiger partial charge in [-0.05, 0) is 31.6 Å². The van der Waals surface area contributed by atoms with Gasteiger partial charge in [-0.2, -0.15) is 0 Å². The van der Waals surface area contributed by atoms with Gasteiger partial charge in [0.25, 0.3) is 0 Å². The van der Waals surface area contributed by atoms with Crippen LogP contribution in [0.2, 0.25) is 0 Å². The molecule has 0 aromatic heterocycles. The molecule has 16 nitrogen and oxygen atoms in total. The van der Waals surface area contributed by atoms with Gasteiger partial charge in [0.1, 0.15) is 18.1 Å². The molecule has 0 aromatic carbocycles. The Morgan fingerprint density at radius 1 is 0.811 bits per heavy atom. The molecular weight excluding hydrogens is 492 g/mol. The van der Waals surface area contributed by atoms with Crippen LogP contribution in [0.15, 0.2) is 4.99 Å². The fraction of sp³-hybridized carbons (Fsp3) is 0.667. The summed E-state index contributed by atoms with van der Waals surface area (Å²) in [6.07, 6.45) is -0.858. The normalized spacial score (nSPS) is 13.9. The lowest BCUT2D eigenvalue weighted by Gasteiger charge is -2.26. The first-order valence-electron chi connectivity index (χ1n) is 11.6. The van der Waals surface area contributed by atoms with E-state index in [1.165, 1.54) is 0 Å². The van der Waals surface area contributed by atoms with Crippen molar-refractivity contribution in [3.8, 4) is 0 Å². The van der Waals surface area contributed by atoms with Crippen LogP contribution >= 0.6 is 0 Å². The highest BCUT2D eigenvalue weighted by molar-refractivity contribution is 5.94. The third kappa shape index (κ3) is 14.9. The minimum Gasteiger partial charge on any atom is -0.481 e. The summed E-state index contributed by atoms with van der Waals surface area (Å²) < 4.78 is 0. The second kappa shape index (κ2) is 16.7. The van der Waals surface area contributed by atoms with Gasteiger partial charge in [-0.3, -0.25) is 29.0 Å². The van der Waals surface area contributed by atoms with E-state index in [-0.39, 0.29) is 50.5 Å². The molecule has 0 aliphatic heterocycles. The third-order valence-electron chi connectivity index (χ3n) is 4.94. The average Bonchev–Trinajstić information content (AvgIpc) is 2.76. The molecule has 13 N–H and O–H groups in total.